The van der Waals surface area contributed by atoms with Crippen LogP contribution in [0.25, 0.3) is 22.8 Å². The SMILES string of the molecule is Cc1ccc(Oc2ccc(-c3noc(-c4ccncc4)n3)cc2)cc1. The number of aromatic nitrogens is 3. The van der Waals surface area contributed by atoms with Gasteiger partial charge in [0.25, 0.3) is 5.89 Å². The Morgan fingerprint density at radius 2 is 1.40 bits per heavy atom. The highest BCUT2D eigenvalue weighted by Crippen LogP contribution is 2.26. The van der Waals surface area contributed by atoms with Crippen LogP contribution in [-0.2, 0) is 0 Å². The van der Waals surface area contributed by atoms with Crippen molar-refractivity contribution < 1.29 is 9.26 Å². The van der Waals surface area contributed by atoms with Crippen LogP contribution in [0.5, 0.6) is 11.5 Å². The van der Waals surface area contributed by atoms with Crippen molar-refractivity contribution in [1.82, 2.24) is 15.1 Å². The van der Waals surface area contributed by atoms with Crippen LogP contribution in [0.3, 0.4) is 0 Å². The molecule has 5 heteroatoms. The van der Waals surface area contributed by atoms with E-state index in [1.807, 2.05) is 67.6 Å². The van der Waals surface area contributed by atoms with Crippen LogP contribution in [0.2, 0.25) is 0 Å². The molecule has 0 aliphatic rings. The van der Waals surface area contributed by atoms with E-state index in [1.54, 1.807) is 12.4 Å². The molecule has 0 aliphatic carbocycles. The summed E-state index contributed by atoms with van der Waals surface area (Å²) >= 11 is 0. The normalized spacial score (nSPS) is 10.6. The molecular formula is C20H15N3O2. The lowest BCUT2D eigenvalue weighted by atomic mass is 10.2. The minimum absolute atomic E-state index is 0.470. The van der Waals surface area contributed by atoms with Gasteiger partial charge in [-0.15, -0.1) is 0 Å². The fourth-order valence-corrected chi connectivity index (χ4v) is 2.37. The highest BCUT2D eigenvalue weighted by atomic mass is 16.5. The third-order valence-electron chi connectivity index (χ3n) is 3.72. The highest BCUT2D eigenvalue weighted by Gasteiger charge is 2.10. The van der Waals surface area contributed by atoms with Crippen LogP contribution in [-0.4, -0.2) is 15.1 Å². The van der Waals surface area contributed by atoms with E-state index in [-0.39, 0.29) is 0 Å². The quantitative estimate of drug-likeness (QED) is 0.533. The van der Waals surface area contributed by atoms with E-state index in [4.69, 9.17) is 9.26 Å². The molecule has 0 fully saturated rings. The van der Waals surface area contributed by atoms with Crippen LogP contribution in [0.4, 0.5) is 0 Å². The second kappa shape index (κ2) is 6.57. The van der Waals surface area contributed by atoms with Gasteiger partial charge in [0.1, 0.15) is 11.5 Å². The average Bonchev–Trinajstić information content (AvgIpc) is 3.15. The molecule has 2 aromatic carbocycles. The molecule has 0 saturated heterocycles. The minimum Gasteiger partial charge on any atom is -0.457 e. The van der Waals surface area contributed by atoms with Crippen LogP contribution >= 0.6 is 0 Å². The van der Waals surface area contributed by atoms with E-state index in [0.29, 0.717) is 11.7 Å². The maximum atomic E-state index is 5.83. The molecule has 0 saturated carbocycles. The molecular weight excluding hydrogens is 314 g/mol. The Balaban J connectivity index is 1.52. The predicted molar refractivity (Wildman–Crippen MR) is 94.2 cm³/mol. The van der Waals surface area contributed by atoms with Crippen molar-refractivity contribution in [1.29, 1.82) is 0 Å². The van der Waals surface area contributed by atoms with Gasteiger partial charge in [0.05, 0.1) is 0 Å². The molecule has 0 aliphatic heterocycles. The van der Waals surface area contributed by atoms with Crippen molar-refractivity contribution in [3.63, 3.8) is 0 Å². The van der Waals surface area contributed by atoms with Gasteiger partial charge in [-0.1, -0.05) is 22.9 Å². The molecule has 0 spiro atoms. The van der Waals surface area contributed by atoms with Gasteiger partial charge in [0, 0.05) is 23.5 Å². The summed E-state index contributed by atoms with van der Waals surface area (Å²) in [5, 5.41) is 4.04. The zero-order valence-corrected chi connectivity index (χ0v) is 13.6. The summed E-state index contributed by atoms with van der Waals surface area (Å²) in [6.45, 7) is 2.05. The maximum absolute atomic E-state index is 5.83. The minimum atomic E-state index is 0.470. The van der Waals surface area contributed by atoms with Crippen molar-refractivity contribution in [2.75, 3.05) is 0 Å². The summed E-state index contributed by atoms with van der Waals surface area (Å²) in [7, 11) is 0. The van der Waals surface area contributed by atoms with E-state index >= 15 is 0 Å². The molecule has 0 radical (unpaired) electrons. The summed E-state index contributed by atoms with van der Waals surface area (Å²) in [6.07, 6.45) is 3.38. The van der Waals surface area contributed by atoms with Crippen molar-refractivity contribution in [2.45, 2.75) is 6.92 Å². The lowest BCUT2D eigenvalue weighted by molar-refractivity contribution is 0.432. The summed E-state index contributed by atoms with van der Waals surface area (Å²) in [5.74, 6) is 2.56. The van der Waals surface area contributed by atoms with Gasteiger partial charge in [-0.25, -0.2) is 0 Å². The third-order valence-corrected chi connectivity index (χ3v) is 3.72. The molecule has 25 heavy (non-hydrogen) atoms. The molecule has 0 amide bonds. The summed E-state index contributed by atoms with van der Waals surface area (Å²) in [6, 6.07) is 19.2. The van der Waals surface area contributed by atoms with E-state index in [1.165, 1.54) is 5.56 Å². The Hall–Kier alpha value is -3.47. The monoisotopic (exact) mass is 329 g/mol. The van der Waals surface area contributed by atoms with Crippen molar-refractivity contribution in [3.05, 3.63) is 78.6 Å². The zero-order valence-electron chi connectivity index (χ0n) is 13.6. The number of nitrogens with zero attached hydrogens (tertiary/aromatic N) is 3. The lowest BCUT2D eigenvalue weighted by Gasteiger charge is -2.06. The van der Waals surface area contributed by atoms with Gasteiger partial charge in [-0.3, -0.25) is 4.98 Å². The third kappa shape index (κ3) is 3.40. The fourth-order valence-electron chi connectivity index (χ4n) is 2.37. The molecule has 5 nitrogen and oxygen atoms in total. The number of pyridine rings is 1. The molecule has 2 aromatic heterocycles. The topological polar surface area (TPSA) is 61.0 Å². The average molecular weight is 329 g/mol. The predicted octanol–water partition coefficient (Wildman–Crippen LogP) is 4.90. The Morgan fingerprint density at radius 1 is 0.760 bits per heavy atom. The number of ether oxygens (including phenoxy) is 1. The largest absolute Gasteiger partial charge is 0.457 e. The van der Waals surface area contributed by atoms with Crippen LogP contribution in [0, 0.1) is 6.92 Å². The Kier molecular flexibility index (Phi) is 3.96. The smallest absolute Gasteiger partial charge is 0.258 e. The number of rotatable bonds is 4. The number of benzene rings is 2. The van der Waals surface area contributed by atoms with Crippen molar-refractivity contribution in [3.8, 4) is 34.3 Å². The summed E-state index contributed by atoms with van der Waals surface area (Å²) in [4.78, 5) is 8.41. The van der Waals surface area contributed by atoms with E-state index < -0.39 is 0 Å². The van der Waals surface area contributed by atoms with Gasteiger partial charge in [0.15, 0.2) is 0 Å². The molecule has 0 N–H and O–H groups in total. The second-order valence-electron chi connectivity index (χ2n) is 5.60. The van der Waals surface area contributed by atoms with Crippen LogP contribution < -0.4 is 4.74 Å². The van der Waals surface area contributed by atoms with Crippen molar-refractivity contribution in [2.24, 2.45) is 0 Å². The van der Waals surface area contributed by atoms with Gasteiger partial charge in [0.2, 0.25) is 5.82 Å². The first-order chi connectivity index (χ1) is 12.3. The fraction of sp³-hybridized carbons (Fsp3) is 0.0500. The first kappa shape index (κ1) is 15.1. The first-order valence-electron chi connectivity index (χ1n) is 7.87. The molecule has 122 valence electrons. The van der Waals surface area contributed by atoms with Gasteiger partial charge < -0.3 is 9.26 Å². The molecule has 0 atom stereocenters. The Labute approximate surface area is 144 Å². The van der Waals surface area contributed by atoms with Gasteiger partial charge >= 0.3 is 0 Å². The summed E-state index contributed by atoms with van der Waals surface area (Å²) < 4.78 is 11.1. The van der Waals surface area contributed by atoms with Crippen LogP contribution in [0.1, 0.15) is 5.56 Å². The maximum Gasteiger partial charge on any atom is 0.258 e. The first-order valence-corrected chi connectivity index (χ1v) is 7.87. The second-order valence-corrected chi connectivity index (χ2v) is 5.60. The van der Waals surface area contributed by atoms with Crippen LogP contribution in [0.15, 0.2) is 77.6 Å². The number of hydrogen-bond donors (Lipinski definition) is 0. The van der Waals surface area contributed by atoms with Gasteiger partial charge in [-0.2, -0.15) is 4.98 Å². The zero-order chi connectivity index (χ0) is 17.1. The Bertz CT molecular complexity index is 962. The van der Waals surface area contributed by atoms with E-state index in [9.17, 15) is 0 Å². The summed E-state index contributed by atoms with van der Waals surface area (Å²) in [5.41, 5.74) is 2.90. The molecule has 4 aromatic rings. The lowest BCUT2D eigenvalue weighted by Crippen LogP contribution is -1.86. The van der Waals surface area contributed by atoms with E-state index in [2.05, 4.69) is 15.1 Å². The number of aryl methyl sites for hydroxylation is 1. The molecule has 0 bridgehead atoms. The highest BCUT2D eigenvalue weighted by molar-refractivity contribution is 5.60. The molecule has 4 rings (SSSR count). The van der Waals surface area contributed by atoms with E-state index in [0.717, 1.165) is 22.6 Å². The van der Waals surface area contributed by atoms with Crippen molar-refractivity contribution >= 4 is 0 Å². The number of hydrogen-bond acceptors (Lipinski definition) is 5. The molecule has 2 heterocycles. The van der Waals surface area contributed by atoms with Gasteiger partial charge in [-0.05, 0) is 55.5 Å². The molecule has 0 unspecified atom stereocenters. The Morgan fingerprint density at radius 3 is 2.08 bits per heavy atom. The standard InChI is InChI=1S/C20H15N3O2/c1-14-2-6-17(7-3-14)24-18-8-4-15(5-9-18)19-22-20(25-23-19)16-10-12-21-13-11-16/h2-13H,1H3.